The Labute approximate surface area is 122 Å². The summed E-state index contributed by atoms with van der Waals surface area (Å²) >= 11 is 0. The maximum absolute atomic E-state index is 10.4. The van der Waals surface area contributed by atoms with Gasteiger partial charge < -0.3 is 19.6 Å². The fourth-order valence-corrected chi connectivity index (χ4v) is 2.29. The van der Waals surface area contributed by atoms with Gasteiger partial charge >= 0.3 is 29.6 Å². The van der Waals surface area contributed by atoms with Crippen LogP contribution >= 0.6 is 0 Å². The first-order valence-electron chi connectivity index (χ1n) is 5.39. The summed E-state index contributed by atoms with van der Waals surface area (Å²) in [4.78, 5) is 10.4. The number of carboxylic acid groups (broad SMARTS) is 1. The van der Waals surface area contributed by atoms with Gasteiger partial charge in [-0.2, -0.15) is 0 Å². The Balaban J connectivity index is 0.00000144. The molecule has 86 valence electrons. The van der Waals surface area contributed by atoms with Gasteiger partial charge in [0.15, 0.2) is 0 Å². The number of rotatable bonds is 2. The van der Waals surface area contributed by atoms with E-state index in [-0.39, 0.29) is 35.3 Å². The predicted octanol–water partition coefficient (Wildman–Crippen LogP) is -2.44. The molecule has 0 saturated heterocycles. The number of aryl methyl sites for hydroxylation is 1. The third kappa shape index (κ3) is 2.94. The molecule has 5 heteroatoms. The molecule has 1 aliphatic rings. The summed E-state index contributed by atoms with van der Waals surface area (Å²) in [6, 6.07) is 1.86. The van der Waals surface area contributed by atoms with Gasteiger partial charge in [0, 0.05) is 18.8 Å². The summed E-state index contributed by atoms with van der Waals surface area (Å²) in [5.41, 5.74) is 2.96. The molecule has 0 saturated carbocycles. The summed E-state index contributed by atoms with van der Waals surface area (Å²) in [7, 11) is 1.85. The fourth-order valence-electron chi connectivity index (χ4n) is 2.29. The molecule has 0 bridgehead atoms. The summed E-state index contributed by atoms with van der Waals surface area (Å²) in [5, 5.41) is 20.0. The van der Waals surface area contributed by atoms with E-state index in [2.05, 4.69) is 0 Å². The van der Waals surface area contributed by atoms with E-state index in [1.54, 1.807) is 0 Å². The standard InChI is InChI=1S/C12H15NO3.Na/c1-13-9-5-3-2-4-8(9)6-10(13)11(14)7-12(15)16;/h6-7,14H,2-5H2,1H3,(H,15,16);/q;+1/p-1/b11-7-;. The summed E-state index contributed by atoms with van der Waals surface area (Å²) in [6.45, 7) is 0. The van der Waals surface area contributed by atoms with E-state index in [4.69, 9.17) is 0 Å². The Morgan fingerprint density at radius 1 is 1.47 bits per heavy atom. The molecule has 1 aromatic rings. The van der Waals surface area contributed by atoms with Crippen molar-refractivity contribution in [1.29, 1.82) is 0 Å². The van der Waals surface area contributed by atoms with Crippen molar-refractivity contribution in [1.82, 2.24) is 4.57 Å². The molecule has 0 aliphatic heterocycles. The molecule has 2 rings (SSSR count). The van der Waals surface area contributed by atoms with Gasteiger partial charge in [-0.25, -0.2) is 0 Å². The normalized spacial score (nSPS) is 15.0. The number of aliphatic hydroxyl groups is 1. The van der Waals surface area contributed by atoms with Crippen molar-refractivity contribution in [2.24, 2.45) is 7.05 Å². The SMILES string of the molecule is Cn1c(/C(O)=C/C(=O)[O-])cc2c1CCCC2.[Na+]. The smallest absolute Gasteiger partial charge is 0.545 e. The number of aromatic nitrogens is 1. The summed E-state index contributed by atoms with van der Waals surface area (Å²) in [6.07, 6.45) is 5.02. The molecule has 0 spiro atoms. The molecule has 1 aromatic heterocycles. The van der Waals surface area contributed by atoms with Crippen LogP contribution in [0.5, 0.6) is 0 Å². The Kier molecular flexibility index (Phi) is 4.86. The van der Waals surface area contributed by atoms with Crippen LogP contribution < -0.4 is 34.7 Å². The zero-order chi connectivity index (χ0) is 11.7. The topological polar surface area (TPSA) is 65.3 Å². The van der Waals surface area contributed by atoms with Crippen molar-refractivity contribution >= 4 is 11.7 Å². The first-order chi connectivity index (χ1) is 7.59. The molecular weight excluding hydrogens is 229 g/mol. The summed E-state index contributed by atoms with van der Waals surface area (Å²) in [5.74, 6) is -1.62. The molecule has 0 atom stereocenters. The molecular formula is C12H14NNaO3. The van der Waals surface area contributed by atoms with Gasteiger partial charge in [-0.3, -0.25) is 0 Å². The van der Waals surface area contributed by atoms with Crippen molar-refractivity contribution in [3.8, 4) is 0 Å². The molecule has 4 nitrogen and oxygen atoms in total. The van der Waals surface area contributed by atoms with Gasteiger partial charge in [0.25, 0.3) is 0 Å². The molecule has 0 radical (unpaired) electrons. The zero-order valence-corrected chi connectivity index (χ0v) is 12.2. The quantitative estimate of drug-likeness (QED) is 0.356. The number of aliphatic hydroxyl groups excluding tert-OH is 1. The van der Waals surface area contributed by atoms with Crippen LogP contribution in [-0.2, 0) is 24.7 Å². The molecule has 0 fully saturated rings. The third-order valence-corrected chi connectivity index (χ3v) is 3.07. The Morgan fingerprint density at radius 3 is 2.71 bits per heavy atom. The third-order valence-electron chi connectivity index (χ3n) is 3.07. The van der Waals surface area contributed by atoms with Crippen LogP contribution in [0.25, 0.3) is 5.76 Å². The number of hydrogen-bond donors (Lipinski definition) is 1. The number of nitrogens with zero attached hydrogens (tertiary/aromatic N) is 1. The maximum Gasteiger partial charge on any atom is 1.00 e. The minimum absolute atomic E-state index is 0. The van der Waals surface area contributed by atoms with Gasteiger partial charge in [-0.1, -0.05) is 0 Å². The van der Waals surface area contributed by atoms with Crippen molar-refractivity contribution in [3.05, 3.63) is 29.1 Å². The average Bonchev–Trinajstić information content (AvgIpc) is 2.56. The Bertz CT molecular complexity index is 463. The second-order valence-corrected chi connectivity index (χ2v) is 4.12. The van der Waals surface area contributed by atoms with E-state index >= 15 is 0 Å². The minimum atomic E-state index is -1.38. The van der Waals surface area contributed by atoms with Crippen LogP contribution in [0.15, 0.2) is 12.1 Å². The zero-order valence-electron chi connectivity index (χ0n) is 10.2. The van der Waals surface area contributed by atoms with Crippen molar-refractivity contribution in [2.75, 3.05) is 0 Å². The number of fused-ring (bicyclic) bond motifs is 1. The van der Waals surface area contributed by atoms with Crippen molar-refractivity contribution in [3.63, 3.8) is 0 Å². The van der Waals surface area contributed by atoms with E-state index in [1.807, 2.05) is 17.7 Å². The van der Waals surface area contributed by atoms with E-state index in [0.717, 1.165) is 31.8 Å². The molecule has 0 aromatic carbocycles. The van der Waals surface area contributed by atoms with Gasteiger partial charge in [0.1, 0.15) is 5.76 Å². The van der Waals surface area contributed by atoms with E-state index in [0.29, 0.717) is 5.69 Å². The van der Waals surface area contributed by atoms with Crippen LogP contribution in [0.1, 0.15) is 29.8 Å². The maximum atomic E-state index is 10.4. The molecule has 17 heavy (non-hydrogen) atoms. The number of carbonyl (C=O) groups is 1. The van der Waals surface area contributed by atoms with Gasteiger partial charge in [0.2, 0.25) is 0 Å². The van der Waals surface area contributed by atoms with Crippen molar-refractivity contribution in [2.45, 2.75) is 25.7 Å². The fraction of sp³-hybridized carbons (Fsp3) is 0.417. The van der Waals surface area contributed by atoms with Gasteiger partial charge in [-0.15, -0.1) is 0 Å². The summed E-state index contributed by atoms with van der Waals surface area (Å²) < 4.78 is 1.86. The second-order valence-electron chi connectivity index (χ2n) is 4.12. The minimum Gasteiger partial charge on any atom is -0.545 e. The number of aliphatic carboxylic acids is 1. The number of carboxylic acids is 1. The first-order valence-corrected chi connectivity index (χ1v) is 5.39. The van der Waals surface area contributed by atoms with Gasteiger partial charge in [-0.05, 0) is 37.3 Å². The largest absolute Gasteiger partial charge is 1.00 e. The van der Waals surface area contributed by atoms with E-state index < -0.39 is 5.97 Å². The van der Waals surface area contributed by atoms with Crippen LogP contribution in [0, 0.1) is 0 Å². The average molecular weight is 243 g/mol. The van der Waals surface area contributed by atoms with E-state index in [1.165, 1.54) is 11.3 Å². The Morgan fingerprint density at radius 2 is 2.12 bits per heavy atom. The monoisotopic (exact) mass is 243 g/mol. The predicted molar refractivity (Wildman–Crippen MR) is 57.7 cm³/mol. The van der Waals surface area contributed by atoms with E-state index in [9.17, 15) is 15.0 Å². The van der Waals surface area contributed by atoms with Crippen molar-refractivity contribution < 1.29 is 44.6 Å². The van der Waals surface area contributed by atoms with Crippen LogP contribution in [-0.4, -0.2) is 15.6 Å². The number of hydrogen-bond acceptors (Lipinski definition) is 3. The van der Waals surface area contributed by atoms with Crippen LogP contribution in [0.3, 0.4) is 0 Å². The molecule has 1 N–H and O–H groups in total. The van der Waals surface area contributed by atoms with Crippen LogP contribution in [0.4, 0.5) is 0 Å². The second kappa shape index (κ2) is 5.76. The van der Waals surface area contributed by atoms with Crippen LogP contribution in [0.2, 0.25) is 0 Å². The molecule has 0 unspecified atom stereocenters. The molecule has 1 aliphatic carbocycles. The molecule has 1 heterocycles. The number of carbonyl (C=O) groups excluding carboxylic acids is 1. The van der Waals surface area contributed by atoms with Gasteiger partial charge in [0.05, 0.1) is 11.7 Å². The Hall–Kier alpha value is -0.710. The first kappa shape index (κ1) is 14.4. The molecule has 0 amide bonds.